The highest BCUT2D eigenvalue weighted by Crippen LogP contribution is 2.30. The largest absolute Gasteiger partial charge is 0.329 e. The van der Waals surface area contributed by atoms with E-state index in [1.54, 1.807) is 0 Å². The van der Waals surface area contributed by atoms with Gasteiger partial charge in [-0.3, -0.25) is 0 Å². The monoisotopic (exact) mass is 210 g/mol. The van der Waals surface area contributed by atoms with Crippen LogP contribution in [-0.2, 0) is 6.54 Å². The molecule has 0 fully saturated rings. The summed E-state index contributed by atoms with van der Waals surface area (Å²) in [5, 5.41) is 0. The lowest BCUT2D eigenvalue weighted by Gasteiger charge is -2.28. The third-order valence-corrected chi connectivity index (χ3v) is 3.19. The van der Waals surface area contributed by atoms with Crippen LogP contribution in [0.15, 0.2) is 41.6 Å². The third kappa shape index (κ3) is 1.38. The predicted octanol–water partition coefficient (Wildman–Crippen LogP) is 3.23. The first-order valence-electron chi connectivity index (χ1n) is 5.54. The first-order valence-corrected chi connectivity index (χ1v) is 5.54. The lowest BCUT2D eigenvalue weighted by molar-refractivity contribution is 0.544. The van der Waals surface area contributed by atoms with Crippen LogP contribution in [0.4, 0.5) is 5.69 Å². The average Bonchev–Trinajstić information content (AvgIpc) is 2.28. The maximum absolute atomic E-state index is 4.67. The molecule has 0 aromatic heterocycles. The first-order chi connectivity index (χ1) is 7.74. The number of hydrogen-bond donors (Lipinski definition) is 0. The van der Waals surface area contributed by atoms with Crippen molar-refractivity contribution in [3.05, 3.63) is 53.3 Å². The van der Waals surface area contributed by atoms with Gasteiger partial charge in [0.05, 0.1) is 12.2 Å². The second-order valence-corrected chi connectivity index (χ2v) is 4.36. The number of benzene rings is 1. The molecule has 0 radical (unpaired) electrons. The van der Waals surface area contributed by atoms with Gasteiger partial charge < -0.3 is 4.90 Å². The Kier molecular flexibility index (Phi) is 1.96. The summed E-state index contributed by atoms with van der Waals surface area (Å²) in [6, 6.07) is 4.43. The minimum atomic E-state index is 0.927. The topological polar surface area (TPSA) is 15.6 Å². The zero-order chi connectivity index (χ0) is 11.1. The molecule has 0 bridgehead atoms. The Bertz CT molecular complexity index is 536. The van der Waals surface area contributed by atoms with Gasteiger partial charge in [0.1, 0.15) is 5.84 Å². The highest BCUT2D eigenvalue weighted by molar-refractivity contribution is 5.98. The van der Waals surface area contributed by atoms with E-state index in [0.29, 0.717) is 0 Å². The summed E-state index contributed by atoms with van der Waals surface area (Å²) in [5.74, 6) is 1.04. The van der Waals surface area contributed by atoms with E-state index < -0.39 is 0 Å². The minimum Gasteiger partial charge on any atom is -0.329 e. The van der Waals surface area contributed by atoms with Crippen molar-refractivity contribution >= 4 is 11.5 Å². The Morgan fingerprint density at radius 3 is 2.81 bits per heavy atom. The van der Waals surface area contributed by atoms with Crippen LogP contribution in [0.3, 0.4) is 0 Å². The fourth-order valence-corrected chi connectivity index (χ4v) is 2.10. The molecule has 0 atom stereocenters. The van der Waals surface area contributed by atoms with E-state index in [4.69, 9.17) is 0 Å². The molecule has 80 valence electrons. The molecule has 2 aliphatic heterocycles. The van der Waals surface area contributed by atoms with Gasteiger partial charge in [-0.05, 0) is 48.8 Å². The minimum absolute atomic E-state index is 0.927. The molecule has 0 N–H and O–H groups in total. The van der Waals surface area contributed by atoms with Gasteiger partial charge in [-0.15, -0.1) is 0 Å². The van der Waals surface area contributed by atoms with Crippen LogP contribution >= 0.6 is 0 Å². The van der Waals surface area contributed by atoms with Gasteiger partial charge in [-0.25, -0.2) is 4.99 Å². The van der Waals surface area contributed by atoms with Gasteiger partial charge in [-0.1, -0.05) is 12.1 Å². The van der Waals surface area contributed by atoms with Gasteiger partial charge in [-0.2, -0.15) is 0 Å². The summed E-state index contributed by atoms with van der Waals surface area (Å²) in [4.78, 5) is 6.85. The Morgan fingerprint density at radius 1 is 1.12 bits per heavy atom. The maximum atomic E-state index is 4.67. The van der Waals surface area contributed by atoms with Gasteiger partial charge in [0, 0.05) is 6.20 Å². The summed E-state index contributed by atoms with van der Waals surface area (Å²) in [7, 11) is 0. The zero-order valence-electron chi connectivity index (χ0n) is 9.57. The normalized spacial score (nSPS) is 16.9. The highest BCUT2D eigenvalue weighted by atomic mass is 15.2. The molecule has 2 heteroatoms. The zero-order valence-corrected chi connectivity index (χ0v) is 9.57. The SMILES string of the molecule is Cc1cc2c(cc1C)N=C1C=CC=CN1C2. The van der Waals surface area contributed by atoms with Crippen LogP contribution in [0.5, 0.6) is 0 Å². The van der Waals surface area contributed by atoms with Crippen molar-refractivity contribution in [2.75, 3.05) is 0 Å². The summed E-state index contributed by atoms with van der Waals surface area (Å²) in [6.45, 7) is 5.22. The van der Waals surface area contributed by atoms with E-state index in [0.717, 1.165) is 18.1 Å². The smallest absolute Gasteiger partial charge is 0.133 e. The molecule has 3 rings (SSSR count). The predicted molar refractivity (Wildman–Crippen MR) is 66.8 cm³/mol. The van der Waals surface area contributed by atoms with Crippen LogP contribution in [-0.4, -0.2) is 10.7 Å². The Balaban J connectivity index is 2.14. The van der Waals surface area contributed by atoms with E-state index in [1.807, 2.05) is 12.2 Å². The number of aliphatic imine (C=N–C) groups is 1. The Labute approximate surface area is 95.6 Å². The third-order valence-electron chi connectivity index (χ3n) is 3.19. The molecular formula is C14H14N2. The summed E-state index contributed by atoms with van der Waals surface area (Å²) < 4.78 is 0. The Hall–Kier alpha value is -1.83. The molecule has 2 heterocycles. The maximum Gasteiger partial charge on any atom is 0.133 e. The molecule has 0 unspecified atom stereocenters. The molecule has 2 nitrogen and oxygen atoms in total. The summed E-state index contributed by atoms with van der Waals surface area (Å²) in [6.07, 6.45) is 8.21. The second-order valence-electron chi connectivity index (χ2n) is 4.36. The fourth-order valence-electron chi connectivity index (χ4n) is 2.10. The number of fused-ring (bicyclic) bond motifs is 2. The van der Waals surface area contributed by atoms with Crippen molar-refractivity contribution in [2.45, 2.75) is 20.4 Å². The van der Waals surface area contributed by atoms with E-state index in [-0.39, 0.29) is 0 Å². The van der Waals surface area contributed by atoms with E-state index in [2.05, 4.69) is 48.1 Å². The molecule has 16 heavy (non-hydrogen) atoms. The molecule has 0 spiro atoms. The van der Waals surface area contributed by atoms with Gasteiger partial charge in [0.2, 0.25) is 0 Å². The van der Waals surface area contributed by atoms with E-state index >= 15 is 0 Å². The van der Waals surface area contributed by atoms with Crippen molar-refractivity contribution in [3.8, 4) is 0 Å². The van der Waals surface area contributed by atoms with Crippen LogP contribution < -0.4 is 0 Å². The summed E-state index contributed by atoms with van der Waals surface area (Å²) >= 11 is 0. The fraction of sp³-hybridized carbons (Fsp3) is 0.214. The standard InChI is InChI=1S/C14H14N2/c1-10-7-12-9-16-6-4-3-5-14(16)15-13(12)8-11(10)2/h3-8H,9H2,1-2H3. The number of aryl methyl sites for hydroxylation is 2. The number of rotatable bonds is 0. The van der Waals surface area contributed by atoms with Gasteiger partial charge >= 0.3 is 0 Å². The lowest BCUT2D eigenvalue weighted by atomic mass is 10.0. The number of hydrogen-bond acceptors (Lipinski definition) is 2. The lowest BCUT2D eigenvalue weighted by Crippen LogP contribution is -2.27. The van der Waals surface area contributed by atoms with Crippen molar-refractivity contribution in [2.24, 2.45) is 4.99 Å². The van der Waals surface area contributed by atoms with Gasteiger partial charge in [0.25, 0.3) is 0 Å². The van der Waals surface area contributed by atoms with Gasteiger partial charge in [0.15, 0.2) is 0 Å². The van der Waals surface area contributed by atoms with Crippen molar-refractivity contribution in [1.82, 2.24) is 4.90 Å². The number of allylic oxidation sites excluding steroid dienone is 2. The molecular weight excluding hydrogens is 196 g/mol. The number of nitrogens with zero attached hydrogens (tertiary/aromatic N) is 2. The quantitative estimate of drug-likeness (QED) is 0.642. The van der Waals surface area contributed by atoms with E-state index in [9.17, 15) is 0 Å². The van der Waals surface area contributed by atoms with Crippen LogP contribution in [0, 0.1) is 13.8 Å². The highest BCUT2D eigenvalue weighted by Gasteiger charge is 2.17. The molecule has 0 saturated heterocycles. The summed E-state index contributed by atoms with van der Waals surface area (Å²) in [5.41, 5.74) is 5.09. The average molecular weight is 210 g/mol. The Morgan fingerprint density at radius 2 is 1.94 bits per heavy atom. The molecule has 2 aliphatic rings. The van der Waals surface area contributed by atoms with E-state index in [1.165, 1.54) is 16.7 Å². The molecule has 1 aromatic carbocycles. The van der Waals surface area contributed by atoms with Crippen molar-refractivity contribution < 1.29 is 0 Å². The van der Waals surface area contributed by atoms with Crippen molar-refractivity contribution in [1.29, 1.82) is 0 Å². The van der Waals surface area contributed by atoms with Crippen LogP contribution in [0.1, 0.15) is 16.7 Å². The van der Waals surface area contributed by atoms with Crippen LogP contribution in [0.25, 0.3) is 0 Å². The number of amidine groups is 1. The second kappa shape index (κ2) is 3.34. The molecule has 1 aromatic rings. The molecule has 0 aliphatic carbocycles. The van der Waals surface area contributed by atoms with Crippen LogP contribution in [0.2, 0.25) is 0 Å². The van der Waals surface area contributed by atoms with Crippen molar-refractivity contribution in [3.63, 3.8) is 0 Å². The molecule has 0 saturated carbocycles. The molecule has 0 amide bonds. The first kappa shape index (κ1) is 9.40.